The number of benzene rings is 1. The second-order valence-electron chi connectivity index (χ2n) is 3.10. The van der Waals surface area contributed by atoms with Crippen molar-refractivity contribution >= 4 is 29.2 Å². The summed E-state index contributed by atoms with van der Waals surface area (Å²) in [5.74, 6) is -0.199. The molecular weight excluding hydrogens is 251 g/mol. The van der Waals surface area contributed by atoms with Gasteiger partial charge in [0.05, 0.1) is 18.7 Å². The minimum absolute atomic E-state index is 0.244. The molecule has 0 atom stereocenters. The molecule has 1 aromatic carbocycles. The van der Waals surface area contributed by atoms with Crippen molar-refractivity contribution in [2.45, 2.75) is 13.3 Å². The van der Waals surface area contributed by atoms with Crippen molar-refractivity contribution in [2.75, 3.05) is 13.7 Å². The van der Waals surface area contributed by atoms with Gasteiger partial charge in [0.2, 0.25) is 0 Å². The van der Waals surface area contributed by atoms with Gasteiger partial charge in [-0.2, -0.15) is 0 Å². The fourth-order valence-corrected chi connectivity index (χ4v) is 1.72. The van der Waals surface area contributed by atoms with Crippen LogP contribution in [0.25, 0.3) is 0 Å². The fraction of sp³-hybridized carbons (Fsp3) is 0.364. The summed E-state index contributed by atoms with van der Waals surface area (Å²) in [5.41, 5.74) is 0.244. The van der Waals surface area contributed by atoms with Gasteiger partial charge >= 0.3 is 5.97 Å². The number of rotatable bonds is 4. The second-order valence-corrected chi connectivity index (χ2v) is 3.95. The Kier molecular flexibility index (Phi) is 4.90. The van der Waals surface area contributed by atoms with Gasteiger partial charge in [0.1, 0.15) is 5.56 Å². The van der Waals surface area contributed by atoms with Crippen LogP contribution in [0.4, 0.5) is 0 Å². The summed E-state index contributed by atoms with van der Waals surface area (Å²) in [6.07, 6.45) is 0.819. The minimum Gasteiger partial charge on any atom is -0.491 e. The number of esters is 1. The summed E-state index contributed by atoms with van der Waals surface area (Å²) in [6.45, 7) is 2.44. The summed E-state index contributed by atoms with van der Waals surface area (Å²) in [5, 5.41) is 0.676. The molecule has 0 radical (unpaired) electrons. The van der Waals surface area contributed by atoms with Crippen LogP contribution >= 0.6 is 23.2 Å². The summed E-state index contributed by atoms with van der Waals surface area (Å²) < 4.78 is 10.0. The van der Waals surface area contributed by atoms with E-state index in [2.05, 4.69) is 4.74 Å². The quantitative estimate of drug-likeness (QED) is 0.779. The highest BCUT2D eigenvalue weighted by molar-refractivity contribution is 6.36. The standard InChI is InChI=1S/C11H12Cl2O3/c1-3-4-16-10-8(11(14)15-2)5-7(12)6-9(10)13/h5-6H,3-4H2,1-2H3. The SMILES string of the molecule is CCCOc1c(Cl)cc(Cl)cc1C(=O)OC. The molecule has 0 spiro atoms. The molecule has 0 fully saturated rings. The van der Waals surface area contributed by atoms with E-state index in [0.29, 0.717) is 22.4 Å². The van der Waals surface area contributed by atoms with E-state index in [0.717, 1.165) is 6.42 Å². The van der Waals surface area contributed by atoms with E-state index in [1.165, 1.54) is 19.2 Å². The van der Waals surface area contributed by atoms with E-state index in [9.17, 15) is 4.79 Å². The molecule has 1 aromatic rings. The Morgan fingerprint density at radius 3 is 2.62 bits per heavy atom. The van der Waals surface area contributed by atoms with Crippen LogP contribution in [0, 0.1) is 0 Å². The molecule has 0 unspecified atom stereocenters. The van der Waals surface area contributed by atoms with Crippen LogP contribution in [0.3, 0.4) is 0 Å². The molecule has 88 valence electrons. The van der Waals surface area contributed by atoms with Gasteiger partial charge in [-0.1, -0.05) is 30.1 Å². The predicted molar refractivity (Wildman–Crippen MR) is 63.6 cm³/mol. The van der Waals surface area contributed by atoms with Crippen LogP contribution in [-0.4, -0.2) is 19.7 Å². The van der Waals surface area contributed by atoms with E-state index in [1.807, 2.05) is 6.92 Å². The normalized spacial score (nSPS) is 10.0. The molecule has 16 heavy (non-hydrogen) atoms. The monoisotopic (exact) mass is 262 g/mol. The number of methoxy groups -OCH3 is 1. The predicted octanol–water partition coefficient (Wildman–Crippen LogP) is 3.57. The Hall–Kier alpha value is -0.930. The van der Waals surface area contributed by atoms with Gasteiger partial charge < -0.3 is 9.47 Å². The maximum Gasteiger partial charge on any atom is 0.341 e. The largest absolute Gasteiger partial charge is 0.491 e. The van der Waals surface area contributed by atoms with Gasteiger partial charge in [0.25, 0.3) is 0 Å². The van der Waals surface area contributed by atoms with Crippen molar-refractivity contribution in [3.05, 3.63) is 27.7 Å². The topological polar surface area (TPSA) is 35.5 Å². The van der Waals surface area contributed by atoms with Gasteiger partial charge in [0.15, 0.2) is 5.75 Å². The minimum atomic E-state index is -0.518. The van der Waals surface area contributed by atoms with Crippen LogP contribution in [0.5, 0.6) is 5.75 Å². The van der Waals surface area contributed by atoms with E-state index in [1.54, 1.807) is 0 Å². The van der Waals surface area contributed by atoms with Crippen LogP contribution in [0.15, 0.2) is 12.1 Å². The lowest BCUT2D eigenvalue weighted by atomic mass is 10.2. The molecule has 0 aliphatic rings. The smallest absolute Gasteiger partial charge is 0.341 e. The zero-order chi connectivity index (χ0) is 12.1. The zero-order valence-corrected chi connectivity index (χ0v) is 10.6. The first kappa shape index (κ1) is 13.1. The lowest BCUT2D eigenvalue weighted by Gasteiger charge is -2.11. The zero-order valence-electron chi connectivity index (χ0n) is 9.05. The molecular formula is C11H12Cl2O3. The highest BCUT2D eigenvalue weighted by Gasteiger charge is 2.17. The van der Waals surface area contributed by atoms with Crippen molar-refractivity contribution in [2.24, 2.45) is 0 Å². The Bertz CT molecular complexity index is 391. The molecule has 0 aliphatic heterocycles. The van der Waals surface area contributed by atoms with E-state index < -0.39 is 5.97 Å². The summed E-state index contributed by atoms with van der Waals surface area (Å²) >= 11 is 11.8. The Labute approximate surface area is 104 Å². The van der Waals surface area contributed by atoms with E-state index in [4.69, 9.17) is 27.9 Å². The highest BCUT2D eigenvalue weighted by Crippen LogP contribution is 2.32. The van der Waals surface area contributed by atoms with Gasteiger partial charge in [-0.25, -0.2) is 4.79 Å². The average molecular weight is 263 g/mol. The Balaban J connectivity index is 3.15. The van der Waals surface area contributed by atoms with Crippen LogP contribution in [-0.2, 0) is 4.74 Å². The first-order valence-corrected chi connectivity index (χ1v) is 5.55. The molecule has 3 nitrogen and oxygen atoms in total. The lowest BCUT2D eigenvalue weighted by Crippen LogP contribution is -2.07. The molecule has 0 aromatic heterocycles. The van der Waals surface area contributed by atoms with Gasteiger partial charge in [-0.05, 0) is 18.6 Å². The lowest BCUT2D eigenvalue weighted by molar-refractivity contribution is 0.0596. The van der Waals surface area contributed by atoms with Crippen LogP contribution in [0.1, 0.15) is 23.7 Å². The molecule has 0 bridgehead atoms. The van der Waals surface area contributed by atoms with E-state index in [-0.39, 0.29) is 5.56 Å². The third-order valence-electron chi connectivity index (χ3n) is 1.86. The van der Waals surface area contributed by atoms with Crippen LogP contribution < -0.4 is 4.74 Å². The molecule has 0 saturated heterocycles. The molecule has 0 amide bonds. The number of hydrogen-bond acceptors (Lipinski definition) is 3. The molecule has 5 heteroatoms. The molecule has 0 saturated carbocycles. The van der Waals surface area contributed by atoms with Gasteiger partial charge in [0, 0.05) is 5.02 Å². The highest BCUT2D eigenvalue weighted by atomic mass is 35.5. The molecule has 0 N–H and O–H groups in total. The van der Waals surface area contributed by atoms with Crippen molar-refractivity contribution < 1.29 is 14.3 Å². The summed E-state index contributed by atoms with van der Waals surface area (Å²) in [6, 6.07) is 3.00. The Morgan fingerprint density at radius 2 is 2.06 bits per heavy atom. The van der Waals surface area contributed by atoms with Crippen LogP contribution in [0.2, 0.25) is 10.0 Å². The number of carbonyl (C=O) groups is 1. The maximum atomic E-state index is 11.5. The third-order valence-corrected chi connectivity index (χ3v) is 2.36. The number of carbonyl (C=O) groups excluding carboxylic acids is 1. The third kappa shape index (κ3) is 3.03. The average Bonchev–Trinajstić information content (AvgIpc) is 2.26. The van der Waals surface area contributed by atoms with Crippen molar-refractivity contribution in [3.63, 3.8) is 0 Å². The first-order valence-electron chi connectivity index (χ1n) is 4.80. The maximum absolute atomic E-state index is 11.5. The number of hydrogen-bond donors (Lipinski definition) is 0. The van der Waals surface area contributed by atoms with Crippen molar-refractivity contribution in [1.29, 1.82) is 0 Å². The van der Waals surface area contributed by atoms with Gasteiger partial charge in [-0.3, -0.25) is 0 Å². The number of ether oxygens (including phenoxy) is 2. The Morgan fingerprint density at radius 1 is 1.38 bits per heavy atom. The summed E-state index contributed by atoms with van der Waals surface area (Å²) in [4.78, 5) is 11.5. The fourth-order valence-electron chi connectivity index (χ4n) is 1.17. The second kappa shape index (κ2) is 5.97. The van der Waals surface area contributed by atoms with E-state index >= 15 is 0 Å². The number of halogens is 2. The van der Waals surface area contributed by atoms with Gasteiger partial charge in [-0.15, -0.1) is 0 Å². The molecule has 0 aliphatic carbocycles. The molecule has 0 heterocycles. The van der Waals surface area contributed by atoms with Crippen molar-refractivity contribution in [3.8, 4) is 5.75 Å². The molecule has 1 rings (SSSR count). The summed E-state index contributed by atoms with van der Waals surface area (Å²) in [7, 11) is 1.29. The first-order chi connectivity index (χ1) is 7.60. The van der Waals surface area contributed by atoms with Crippen molar-refractivity contribution in [1.82, 2.24) is 0 Å².